The Morgan fingerprint density at radius 3 is 2.34 bits per heavy atom. The fourth-order valence-electron chi connectivity index (χ4n) is 2.71. The highest BCUT2D eigenvalue weighted by atomic mass is 35.5. The molecule has 6 nitrogen and oxygen atoms in total. The molecule has 2 atom stereocenters. The number of carbonyl (C=O) groups is 1. The summed E-state index contributed by atoms with van der Waals surface area (Å²) < 4.78 is 17.4. The van der Waals surface area contributed by atoms with Crippen LogP contribution in [0.25, 0.3) is 0 Å². The highest BCUT2D eigenvalue weighted by molar-refractivity contribution is 6.74. The van der Waals surface area contributed by atoms with Gasteiger partial charge in [-0.05, 0) is 42.8 Å². The molecule has 0 saturated carbocycles. The van der Waals surface area contributed by atoms with E-state index in [0.717, 1.165) is 5.56 Å². The Bertz CT molecular complexity index is 915. The Hall–Kier alpha value is -2.06. The van der Waals surface area contributed by atoms with E-state index in [0.29, 0.717) is 17.9 Å². The van der Waals surface area contributed by atoms with Crippen LogP contribution >= 0.6 is 11.6 Å². The second-order valence-electron chi connectivity index (χ2n) is 9.16. The summed E-state index contributed by atoms with van der Waals surface area (Å²) in [5.74, 6) is 0.0137. The van der Waals surface area contributed by atoms with E-state index in [1.165, 1.54) is 0 Å². The first-order valence-corrected chi connectivity index (χ1v) is 14.0. The summed E-state index contributed by atoms with van der Waals surface area (Å²) in [6.07, 6.45) is -1.35. The number of hydrogen-bond acceptors (Lipinski definition) is 6. The van der Waals surface area contributed by atoms with Gasteiger partial charge in [0.2, 0.25) is 0 Å². The monoisotopic (exact) mass is 479 g/mol. The van der Waals surface area contributed by atoms with Crippen LogP contribution in [0.4, 0.5) is 0 Å². The molecule has 0 heterocycles. The summed E-state index contributed by atoms with van der Waals surface area (Å²) >= 11 is 6.73. The summed E-state index contributed by atoms with van der Waals surface area (Å²) in [5.41, 5.74) is 7.29. The first-order chi connectivity index (χ1) is 14.9. The summed E-state index contributed by atoms with van der Waals surface area (Å²) in [7, 11) is -2.35. The molecule has 176 valence electrons. The van der Waals surface area contributed by atoms with Crippen LogP contribution in [-0.4, -0.2) is 32.0 Å². The van der Waals surface area contributed by atoms with Gasteiger partial charge in [0, 0.05) is 5.56 Å². The van der Waals surface area contributed by atoms with Crippen LogP contribution < -0.4 is 14.9 Å². The fourth-order valence-corrected chi connectivity index (χ4v) is 4.07. The van der Waals surface area contributed by atoms with Gasteiger partial charge in [-0.1, -0.05) is 62.7 Å². The molecule has 0 radical (unpaired) electrons. The van der Waals surface area contributed by atoms with E-state index in [9.17, 15) is 9.90 Å². The molecule has 0 unspecified atom stereocenters. The standard InChI is InChI=1S/C24H34ClNO5Si/c1-7-29-23(28)20(26)21(27)17-13-14-18(30-15-16-11-9-8-10-12-16)19(25)22(17)31-32(5,6)24(2,3)4/h8-14,20-21,27H,7,15,26H2,1-6H3/t20-,21-/m0/s1. The van der Waals surface area contributed by atoms with Crippen molar-refractivity contribution in [3.63, 3.8) is 0 Å². The predicted molar refractivity (Wildman–Crippen MR) is 130 cm³/mol. The number of hydrogen-bond donors (Lipinski definition) is 2. The average Bonchev–Trinajstić information content (AvgIpc) is 2.73. The Balaban J connectivity index is 2.46. The molecule has 0 fully saturated rings. The van der Waals surface area contributed by atoms with Crippen LogP contribution in [0.5, 0.6) is 11.5 Å². The first-order valence-electron chi connectivity index (χ1n) is 10.7. The van der Waals surface area contributed by atoms with Gasteiger partial charge in [0.25, 0.3) is 8.32 Å². The van der Waals surface area contributed by atoms with Crippen molar-refractivity contribution in [1.29, 1.82) is 0 Å². The number of nitrogens with two attached hydrogens (primary N) is 1. The number of ether oxygens (including phenoxy) is 2. The van der Waals surface area contributed by atoms with Crippen molar-refractivity contribution in [2.24, 2.45) is 5.73 Å². The molecule has 3 N–H and O–H groups in total. The lowest BCUT2D eigenvalue weighted by Gasteiger charge is -2.38. The van der Waals surface area contributed by atoms with Crippen molar-refractivity contribution in [3.8, 4) is 11.5 Å². The topological polar surface area (TPSA) is 91.0 Å². The van der Waals surface area contributed by atoms with Crippen LogP contribution in [0.1, 0.15) is 44.9 Å². The zero-order valence-electron chi connectivity index (χ0n) is 19.6. The second kappa shape index (κ2) is 10.7. The highest BCUT2D eigenvalue weighted by Crippen LogP contribution is 2.45. The Kier molecular flexibility index (Phi) is 8.76. The smallest absolute Gasteiger partial charge is 0.325 e. The van der Waals surface area contributed by atoms with E-state index in [2.05, 4.69) is 33.9 Å². The lowest BCUT2D eigenvalue weighted by atomic mass is 10.0. The van der Waals surface area contributed by atoms with Crippen LogP contribution in [0, 0.1) is 0 Å². The van der Waals surface area contributed by atoms with E-state index in [-0.39, 0.29) is 22.4 Å². The van der Waals surface area contributed by atoms with Gasteiger partial charge < -0.3 is 24.7 Å². The van der Waals surface area contributed by atoms with Crippen molar-refractivity contribution in [2.45, 2.75) is 64.6 Å². The van der Waals surface area contributed by atoms with Gasteiger partial charge in [-0.3, -0.25) is 4.79 Å². The number of aliphatic hydroxyl groups is 1. The molecule has 0 saturated heterocycles. The average molecular weight is 480 g/mol. The summed E-state index contributed by atoms with van der Waals surface area (Å²) in [4.78, 5) is 12.1. The summed E-state index contributed by atoms with van der Waals surface area (Å²) in [5, 5.41) is 11.0. The molecule has 8 heteroatoms. The third kappa shape index (κ3) is 6.25. The van der Waals surface area contributed by atoms with Crippen LogP contribution in [0.3, 0.4) is 0 Å². The lowest BCUT2D eigenvalue weighted by Crippen LogP contribution is -2.44. The number of halogens is 1. The van der Waals surface area contributed by atoms with Gasteiger partial charge in [0.1, 0.15) is 35.3 Å². The predicted octanol–water partition coefficient (Wildman–Crippen LogP) is 5.23. The van der Waals surface area contributed by atoms with Gasteiger partial charge in [-0.15, -0.1) is 0 Å². The molecular weight excluding hydrogens is 446 g/mol. The first kappa shape index (κ1) is 26.2. The van der Waals surface area contributed by atoms with Gasteiger partial charge >= 0.3 is 5.97 Å². The summed E-state index contributed by atoms with van der Waals surface area (Å²) in [6, 6.07) is 11.7. The van der Waals surface area contributed by atoms with E-state index >= 15 is 0 Å². The zero-order chi connectivity index (χ0) is 24.1. The fraction of sp³-hybridized carbons (Fsp3) is 0.458. The van der Waals surface area contributed by atoms with Crippen molar-refractivity contribution >= 4 is 25.9 Å². The largest absolute Gasteiger partial charge is 0.542 e. The molecule has 32 heavy (non-hydrogen) atoms. The Morgan fingerprint density at radius 2 is 1.78 bits per heavy atom. The molecule has 0 amide bonds. The number of rotatable bonds is 9. The number of esters is 1. The third-order valence-electron chi connectivity index (χ3n) is 5.71. The van der Waals surface area contributed by atoms with Crippen LogP contribution in [0.2, 0.25) is 23.2 Å². The zero-order valence-corrected chi connectivity index (χ0v) is 21.4. The Labute approximate surface area is 196 Å². The molecule has 0 aliphatic heterocycles. The normalized spacial score (nSPS) is 13.9. The molecule has 2 rings (SSSR count). The van der Waals surface area contributed by atoms with Crippen molar-refractivity contribution in [2.75, 3.05) is 6.61 Å². The van der Waals surface area contributed by atoms with Crippen molar-refractivity contribution in [3.05, 3.63) is 58.6 Å². The maximum atomic E-state index is 12.1. The van der Waals surface area contributed by atoms with Gasteiger partial charge in [-0.25, -0.2) is 0 Å². The van der Waals surface area contributed by atoms with E-state index in [1.807, 2.05) is 30.3 Å². The Morgan fingerprint density at radius 1 is 1.16 bits per heavy atom. The number of benzene rings is 2. The minimum Gasteiger partial charge on any atom is -0.542 e. The van der Waals surface area contributed by atoms with Gasteiger partial charge in [0.05, 0.1) is 6.61 Å². The number of aliphatic hydroxyl groups excluding tert-OH is 1. The van der Waals surface area contributed by atoms with Gasteiger partial charge in [-0.2, -0.15) is 0 Å². The highest BCUT2D eigenvalue weighted by Gasteiger charge is 2.41. The van der Waals surface area contributed by atoms with Crippen molar-refractivity contribution in [1.82, 2.24) is 0 Å². The van der Waals surface area contributed by atoms with Crippen LogP contribution in [-0.2, 0) is 16.1 Å². The maximum absolute atomic E-state index is 12.1. The van der Waals surface area contributed by atoms with Crippen molar-refractivity contribution < 1.29 is 23.8 Å². The molecule has 0 aromatic heterocycles. The van der Waals surface area contributed by atoms with E-state index in [1.54, 1.807) is 19.1 Å². The molecule has 0 spiro atoms. The number of carbonyl (C=O) groups excluding carboxylic acids is 1. The van der Waals surface area contributed by atoms with E-state index in [4.69, 9.17) is 31.2 Å². The minimum atomic E-state index is -2.35. The second-order valence-corrected chi connectivity index (χ2v) is 14.3. The van der Waals surface area contributed by atoms with Gasteiger partial charge in [0.15, 0.2) is 0 Å². The summed E-state index contributed by atoms with van der Waals surface area (Å²) in [6.45, 7) is 12.6. The SMILES string of the molecule is CCOC(=O)[C@@H](N)[C@@H](O)c1ccc(OCc2ccccc2)c(Cl)c1O[Si](C)(C)C(C)(C)C. The third-order valence-corrected chi connectivity index (χ3v) is 10.4. The molecular formula is C24H34ClNO5Si. The maximum Gasteiger partial charge on any atom is 0.325 e. The molecule has 0 bridgehead atoms. The molecule has 0 aliphatic rings. The minimum absolute atomic E-state index is 0.122. The molecule has 0 aliphatic carbocycles. The quantitative estimate of drug-likeness (QED) is 0.378. The van der Waals surface area contributed by atoms with E-state index < -0.39 is 26.4 Å². The molecule has 2 aromatic rings. The van der Waals surface area contributed by atoms with Crippen LogP contribution in [0.15, 0.2) is 42.5 Å². The lowest BCUT2D eigenvalue weighted by molar-refractivity contribution is -0.147. The molecule has 2 aromatic carbocycles.